The fourth-order valence-corrected chi connectivity index (χ4v) is 2.29. The maximum absolute atomic E-state index is 11.2. The molecule has 1 fully saturated rings. The molecule has 1 saturated heterocycles. The van der Waals surface area contributed by atoms with Crippen molar-refractivity contribution in [2.24, 2.45) is 16.5 Å². The molecule has 8 nitrogen and oxygen atoms in total. The van der Waals surface area contributed by atoms with E-state index in [1.54, 1.807) is 6.07 Å². The van der Waals surface area contributed by atoms with Gasteiger partial charge < -0.3 is 21.1 Å². The number of rotatable bonds is 4. The molecule has 1 heterocycles. The Kier molecular flexibility index (Phi) is 3.92. The fourth-order valence-electron chi connectivity index (χ4n) is 2.29. The Morgan fingerprint density at radius 1 is 1.40 bits per heavy atom. The monoisotopic (exact) mass is 279 g/mol. The maximum Gasteiger partial charge on any atom is 0.294 e. The van der Waals surface area contributed by atoms with Crippen LogP contribution in [0.4, 0.5) is 17.1 Å². The molecule has 108 valence electrons. The van der Waals surface area contributed by atoms with E-state index in [4.69, 9.17) is 16.2 Å². The van der Waals surface area contributed by atoms with Crippen molar-refractivity contribution in [3.63, 3.8) is 0 Å². The molecule has 0 unspecified atom stereocenters. The van der Waals surface area contributed by atoms with Crippen LogP contribution in [0, 0.1) is 10.1 Å². The molecule has 20 heavy (non-hydrogen) atoms. The minimum absolute atomic E-state index is 0.0206. The van der Waals surface area contributed by atoms with Crippen LogP contribution in [0.25, 0.3) is 0 Å². The lowest BCUT2D eigenvalue weighted by molar-refractivity contribution is -0.384. The fraction of sp³-hybridized carbons (Fsp3) is 0.417. The van der Waals surface area contributed by atoms with Gasteiger partial charge in [-0.1, -0.05) is 0 Å². The lowest BCUT2D eigenvalue weighted by atomic mass is 10.2. The zero-order chi connectivity index (χ0) is 14.7. The van der Waals surface area contributed by atoms with Crippen LogP contribution in [-0.4, -0.2) is 31.1 Å². The predicted molar refractivity (Wildman–Crippen MR) is 76.6 cm³/mol. The van der Waals surface area contributed by atoms with Gasteiger partial charge in [-0.15, -0.1) is 0 Å². The van der Waals surface area contributed by atoms with E-state index in [2.05, 4.69) is 4.99 Å². The molecule has 0 spiro atoms. The van der Waals surface area contributed by atoms with E-state index in [1.807, 2.05) is 4.90 Å². The zero-order valence-corrected chi connectivity index (χ0v) is 11.2. The summed E-state index contributed by atoms with van der Waals surface area (Å²) in [6.45, 7) is 1.59. The molecule has 0 radical (unpaired) electrons. The molecule has 0 aliphatic carbocycles. The van der Waals surface area contributed by atoms with Crippen molar-refractivity contribution in [2.45, 2.75) is 12.8 Å². The van der Waals surface area contributed by atoms with Gasteiger partial charge in [0.25, 0.3) is 5.69 Å². The summed E-state index contributed by atoms with van der Waals surface area (Å²) in [5.74, 6) is 0.234. The van der Waals surface area contributed by atoms with Crippen molar-refractivity contribution >= 4 is 23.0 Å². The molecule has 0 saturated carbocycles. The van der Waals surface area contributed by atoms with Crippen molar-refractivity contribution in [1.82, 2.24) is 0 Å². The predicted octanol–water partition coefficient (Wildman–Crippen LogP) is 1.11. The summed E-state index contributed by atoms with van der Waals surface area (Å²) in [7, 11) is 1.47. The molecular formula is C12H17N5O3. The third-order valence-corrected chi connectivity index (χ3v) is 3.17. The van der Waals surface area contributed by atoms with Gasteiger partial charge in [0.15, 0.2) is 5.96 Å². The van der Waals surface area contributed by atoms with Crippen molar-refractivity contribution < 1.29 is 9.66 Å². The summed E-state index contributed by atoms with van der Waals surface area (Å²) in [6.07, 6.45) is 2.05. The largest absolute Gasteiger partial charge is 0.494 e. The van der Waals surface area contributed by atoms with Crippen LogP contribution in [0.2, 0.25) is 0 Å². The summed E-state index contributed by atoms with van der Waals surface area (Å²) in [5, 5.41) is 11.2. The molecule has 1 aliphatic rings. The van der Waals surface area contributed by atoms with Crippen LogP contribution < -0.4 is 21.1 Å². The molecule has 1 aromatic carbocycles. The average Bonchev–Trinajstić information content (AvgIpc) is 2.91. The first-order chi connectivity index (χ1) is 9.52. The summed E-state index contributed by atoms with van der Waals surface area (Å²) < 4.78 is 5.21. The third kappa shape index (κ3) is 2.73. The van der Waals surface area contributed by atoms with E-state index in [-0.39, 0.29) is 17.3 Å². The number of nitrogens with two attached hydrogens (primary N) is 2. The number of hydrogen-bond donors (Lipinski definition) is 2. The molecular weight excluding hydrogens is 262 g/mol. The molecule has 8 heteroatoms. The molecule has 0 amide bonds. The summed E-state index contributed by atoms with van der Waals surface area (Å²) in [4.78, 5) is 16.6. The first-order valence-corrected chi connectivity index (χ1v) is 6.24. The van der Waals surface area contributed by atoms with Crippen LogP contribution in [0.1, 0.15) is 12.8 Å². The topological polar surface area (TPSA) is 120 Å². The highest BCUT2D eigenvalue weighted by atomic mass is 16.6. The molecule has 0 bridgehead atoms. The first kappa shape index (κ1) is 13.9. The second-order valence-corrected chi connectivity index (χ2v) is 4.50. The second kappa shape index (κ2) is 5.64. The van der Waals surface area contributed by atoms with Crippen LogP contribution in [0.3, 0.4) is 0 Å². The van der Waals surface area contributed by atoms with Gasteiger partial charge in [-0.05, 0) is 12.8 Å². The molecule has 4 N–H and O–H groups in total. The lowest BCUT2D eigenvalue weighted by Gasteiger charge is -2.19. The highest BCUT2D eigenvalue weighted by Crippen LogP contribution is 2.40. The van der Waals surface area contributed by atoms with Gasteiger partial charge in [-0.25, -0.2) is 4.99 Å². The molecule has 0 aromatic heterocycles. The molecule has 2 rings (SSSR count). The van der Waals surface area contributed by atoms with Crippen molar-refractivity contribution in [1.29, 1.82) is 0 Å². The minimum Gasteiger partial charge on any atom is -0.494 e. The number of aliphatic imine (C=N–C) groups is 1. The molecule has 0 atom stereocenters. The van der Waals surface area contributed by atoms with E-state index in [9.17, 15) is 10.1 Å². The third-order valence-electron chi connectivity index (χ3n) is 3.17. The van der Waals surface area contributed by atoms with Crippen LogP contribution in [0.15, 0.2) is 17.1 Å². The SMILES string of the molecule is COc1cc(N2CCCC2)c([N+](=O)[O-])cc1N=C(N)N. The number of methoxy groups -OCH3 is 1. The quantitative estimate of drug-likeness (QED) is 0.368. The Hall–Kier alpha value is -2.51. The highest BCUT2D eigenvalue weighted by Gasteiger charge is 2.25. The number of nitro groups is 1. The van der Waals surface area contributed by atoms with E-state index in [1.165, 1.54) is 13.2 Å². The lowest BCUT2D eigenvalue weighted by Crippen LogP contribution is -2.22. The number of benzene rings is 1. The van der Waals surface area contributed by atoms with Gasteiger partial charge in [-0.2, -0.15) is 0 Å². The Balaban J connectivity index is 2.56. The Labute approximate surface area is 116 Å². The van der Waals surface area contributed by atoms with E-state index >= 15 is 0 Å². The summed E-state index contributed by atoms with van der Waals surface area (Å²) >= 11 is 0. The van der Waals surface area contributed by atoms with Crippen LogP contribution in [-0.2, 0) is 0 Å². The Morgan fingerprint density at radius 3 is 2.55 bits per heavy atom. The molecule has 1 aromatic rings. The summed E-state index contributed by atoms with van der Waals surface area (Å²) in [6, 6.07) is 2.96. The van der Waals surface area contributed by atoms with Gasteiger partial charge >= 0.3 is 0 Å². The number of guanidine groups is 1. The highest BCUT2D eigenvalue weighted by molar-refractivity contribution is 5.82. The molecule has 1 aliphatic heterocycles. The normalized spacial score (nSPS) is 14.2. The number of ether oxygens (including phenoxy) is 1. The van der Waals surface area contributed by atoms with Gasteiger partial charge in [0, 0.05) is 25.2 Å². The van der Waals surface area contributed by atoms with E-state index in [0.717, 1.165) is 25.9 Å². The maximum atomic E-state index is 11.2. The van der Waals surface area contributed by atoms with Crippen molar-refractivity contribution in [3.8, 4) is 5.75 Å². The number of nitro benzene ring substituents is 1. The van der Waals surface area contributed by atoms with Crippen molar-refractivity contribution in [3.05, 3.63) is 22.2 Å². The van der Waals surface area contributed by atoms with Gasteiger partial charge in [0.2, 0.25) is 0 Å². The second-order valence-electron chi connectivity index (χ2n) is 4.50. The minimum atomic E-state index is -0.432. The van der Waals surface area contributed by atoms with Gasteiger partial charge in [-0.3, -0.25) is 10.1 Å². The van der Waals surface area contributed by atoms with Gasteiger partial charge in [0.05, 0.1) is 12.0 Å². The Bertz CT molecular complexity index is 548. The number of nitrogens with zero attached hydrogens (tertiary/aromatic N) is 3. The van der Waals surface area contributed by atoms with E-state index in [0.29, 0.717) is 11.4 Å². The number of hydrogen-bond acceptors (Lipinski definition) is 5. The standard InChI is InChI=1S/C12H17N5O3/c1-20-11-7-9(16-4-2-3-5-16)10(17(18)19)6-8(11)15-12(13)14/h6-7H,2-5H2,1H3,(H4,13,14,15). The van der Waals surface area contributed by atoms with E-state index < -0.39 is 4.92 Å². The zero-order valence-electron chi connectivity index (χ0n) is 11.2. The average molecular weight is 279 g/mol. The smallest absolute Gasteiger partial charge is 0.294 e. The first-order valence-electron chi connectivity index (χ1n) is 6.24. The van der Waals surface area contributed by atoms with Crippen molar-refractivity contribution in [2.75, 3.05) is 25.1 Å². The Morgan fingerprint density at radius 2 is 2.05 bits per heavy atom. The van der Waals surface area contributed by atoms with Gasteiger partial charge in [0.1, 0.15) is 17.1 Å². The van der Waals surface area contributed by atoms with Crippen LogP contribution in [0.5, 0.6) is 5.75 Å². The van der Waals surface area contributed by atoms with Crippen LogP contribution >= 0.6 is 0 Å². The number of anilines is 1. The summed E-state index contributed by atoms with van der Waals surface area (Å²) in [5.41, 5.74) is 11.4.